The van der Waals surface area contributed by atoms with Gasteiger partial charge in [0.15, 0.2) is 0 Å². The highest BCUT2D eigenvalue weighted by Crippen LogP contribution is 2.24. The molecule has 4 N–H and O–H groups in total. The van der Waals surface area contributed by atoms with E-state index >= 15 is 0 Å². The van der Waals surface area contributed by atoms with Crippen LogP contribution in [0, 0.1) is 5.53 Å². The lowest BCUT2D eigenvalue weighted by molar-refractivity contribution is -0.137. The molecule has 1 aromatic heterocycles. The van der Waals surface area contributed by atoms with Crippen LogP contribution in [0.25, 0.3) is 0 Å². The molecule has 0 atom stereocenters. The van der Waals surface area contributed by atoms with Gasteiger partial charge in [-0.3, -0.25) is 4.79 Å². The van der Waals surface area contributed by atoms with Gasteiger partial charge in [-0.2, -0.15) is 5.11 Å². The van der Waals surface area contributed by atoms with Crippen LogP contribution in [0.5, 0.6) is 0 Å². The van der Waals surface area contributed by atoms with Crippen LogP contribution >= 0.6 is 0 Å². The standard InChI is InChI=1S/C22H27N7O2/c23-11-18(28-24)6-8-31-14-21(30)29-7-5-20-17(13-29)12-25-22(27-20)26-19-9-15-3-1-2-4-16(15)10-19/h1-4,11-12,19,24H,5-10,13-14,23H2,(H,25,26,27)/b18-11-,28-24?. The van der Waals surface area contributed by atoms with E-state index in [2.05, 4.69) is 39.7 Å². The first-order valence-corrected chi connectivity index (χ1v) is 10.5. The van der Waals surface area contributed by atoms with Crippen LogP contribution in [0.4, 0.5) is 5.95 Å². The minimum atomic E-state index is -0.0716. The zero-order valence-electron chi connectivity index (χ0n) is 17.4. The van der Waals surface area contributed by atoms with E-state index in [9.17, 15) is 4.79 Å². The molecule has 0 unspecified atom stereocenters. The number of benzene rings is 1. The molecule has 2 heterocycles. The van der Waals surface area contributed by atoms with E-state index in [-0.39, 0.29) is 12.5 Å². The number of carbonyl (C=O) groups is 1. The van der Waals surface area contributed by atoms with Crippen LogP contribution in [0.3, 0.4) is 0 Å². The predicted molar refractivity (Wildman–Crippen MR) is 115 cm³/mol. The number of nitrogens with zero attached hydrogens (tertiary/aromatic N) is 4. The number of rotatable bonds is 8. The van der Waals surface area contributed by atoms with Crippen molar-refractivity contribution in [2.45, 2.75) is 38.3 Å². The van der Waals surface area contributed by atoms with Crippen molar-refractivity contribution in [1.82, 2.24) is 14.9 Å². The van der Waals surface area contributed by atoms with Crippen LogP contribution in [-0.2, 0) is 35.3 Å². The number of aromatic nitrogens is 2. The Morgan fingerprint density at radius 2 is 2.10 bits per heavy atom. The van der Waals surface area contributed by atoms with Crippen LogP contribution < -0.4 is 11.1 Å². The summed E-state index contributed by atoms with van der Waals surface area (Å²) in [6.07, 6.45) is 6.16. The molecule has 0 saturated heterocycles. The molecular formula is C22H27N7O2. The van der Waals surface area contributed by atoms with Gasteiger partial charge in [-0.15, -0.1) is 0 Å². The fourth-order valence-electron chi connectivity index (χ4n) is 4.05. The van der Waals surface area contributed by atoms with Crippen LogP contribution in [0.1, 0.15) is 28.8 Å². The highest BCUT2D eigenvalue weighted by molar-refractivity contribution is 5.77. The van der Waals surface area contributed by atoms with Crippen molar-refractivity contribution < 1.29 is 9.53 Å². The molecule has 0 radical (unpaired) electrons. The molecule has 1 aliphatic heterocycles. The van der Waals surface area contributed by atoms with E-state index in [1.54, 1.807) is 4.90 Å². The van der Waals surface area contributed by atoms with Crippen molar-refractivity contribution in [2.24, 2.45) is 10.8 Å². The molecule has 0 saturated carbocycles. The van der Waals surface area contributed by atoms with Crippen LogP contribution in [-0.4, -0.2) is 46.6 Å². The Morgan fingerprint density at radius 1 is 1.32 bits per heavy atom. The van der Waals surface area contributed by atoms with Crippen molar-refractivity contribution >= 4 is 11.9 Å². The first-order chi connectivity index (χ1) is 15.2. The van der Waals surface area contributed by atoms with E-state index in [0.717, 1.165) is 24.1 Å². The van der Waals surface area contributed by atoms with Crippen molar-refractivity contribution in [3.63, 3.8) is 0 Å². The molecule has 9 nitrogen and oxygen atoms in total. The number of carbonyl (C=O) groups excluding carboxylic acids is 1. The van der Waals surface area contributed by atoms with Gasteiger partial charge in [-0.05, 0) is 24.0 Å². The van der Waals surface area contributed by atoms with Gasteiger partial charge in [0.1, 0.15) is 6.61 Å². The quantitative estimate of drug-likeness (QED) is 0.442. The summed E-state index contributed by atoms with van der Waals surface area (Å²) in [6.45, 7) is 1.39. The lowest BCUT2D eigenvalue weighted by Crippen LogP contribution is -2.38. The van der Waals surface area contributed by atoms with E-state index < -0.39 is 0 Å². The minimum Gasteiger partial charge on any atom is -0.403 e. The maximum atomic E-state index is 12.4. The molecule has 1 aromatic carbocycles. The lowest BCUT2D eigenvalue weighted by atomic mass is 10.1. The Labute approximate surface area is 181 Å². The predicted octanol–water partition coefficient (Wildman–Crippen LogP) is 2.18. The highest BCUT2D eigenvalue weighted by Gasteiger charge is 2.24. The molecular weight excluding hydrogens is 394 g/mol. The molecule has 0 bridgehead atoms. The third-order valence-corrected chi connectivity index (χ3v) is 5.73. The Hall–Kier alpha value is -3.33. The molecule has 1 amide bonds. The number of anilines is 1. The van der Waals surface area contributed by atoms with E-state index in [1.165, 1.54) is 17.3 Å². The fourth-order valence-corrected chi connectivity index (χ4v) is 4.05. The average molecular weight is 422 g/mol. The Morgan fingerprint density at radius 3 is 2.81 bits per heavy atom. The molecule has 1 aliphatic carbocycles. The van der Waals surface area contributed by atoms with Gasteiger partial charge in [-0.25, -0.2) is 15.5 Å². The Bertz CT molecular complexity index is 967. The largest absolute Gasteiger partial charge is 0.403 e. The normalized spacial score (nSPS) is 16.0. The number of hydrogen-bond acceptors (Lipinski definition) is 8. The molecule has 4 rings (SSSR count). The van der Waals surface area contributed by atoms with Crippen LogP contribution in [0.15, 0.2) is 47.5 Å². The van der Waals surface area contributed by atoms with Crippen molar-refractivity contribution in [3.8, 4) is 0 Å². The second kappa shape index (κ2) is 9.65. The van der Waals surface area contributed by atoms with Gasteiger partial charge >= 0.3 is 0 Å². The topological polar surface area (TPSA) is 130 Å². The Kier molecular flexibility index (Phi) is 6.51. The Balaban J connectivity index is 1.27. The summed E-state index contributed by atoms with van der Waals surface area (Å²) in [5.41, 5.74) is 17.5. The zero-order chi connectivity index (χ0) is 21.6. The van der Waals surface area contributed by atoms with E-state index in [4.69, 9.17) is 21.0 Å². The summed E-state index contributed by atoms with van der Waals surface area (Å²) in [4.78, 5) is 23.4. The molecule has 9 heteroatoms. The maximum Gasteiger partial charge on any atom is 0.248 e. The van der Waals surface area contributed by atoms with Crippen LogP contribution in [0.2, 0.25) is 0 Å². The van der Waals surface area contributed by atoms with Gasteiger partial charge in [0.05, 0.1) is 18.0 Å². The van der Waals surface area contributed by atoms with Crippen molar-refractivity contribution in [1.29, 1.82) is 5.53 Å². The van der Waals surface area contributed by atoms with Gasteiger partial charge in [0.25, 0.3) is 0 Å². The smallest absolute Gasteiger partial charge is 0.248 e. The average Bonchev–Trinajstić information content (AvgIpc) is 3.21. The number of hydrogen-bond donors (Lipinski definition) is 3. The zero-order valence-corrected chi connectivity index (χ0v) is 17.4. The number of nitrogens with one attached hydrogen (secondary N) is 2. The van der Waals surface area contributed by atoms with Gasteiger partial charge in [0.2, 0.25) is 11.9 Å². The molecule has 2 aliphatic rings. The van der Waals surface area contributed by atoms with E-state index in [1.807, 2.05) is 6.20 Å². The van der Waals surface area contributed by atoms with Gasteiger partial charge in [-0.1, -0.05) is 24.3 Å². The molecule has 31 heavy (non-hydrogen) atoms. The summed E-state index contributed by atoms with van der Waals surface area (Å²) in [7, 11) is 0. The summed E-state index contributed by atoms with van der Waals surface area (Å²) < 4.78 is 5.42. The summed E-state index contributed by atoms with van der Waals surface area (Å²) in [5.74, 6) is 0.584. The number of fused-ring (bicyclic) bond motifs is 2. The second-order valence-electron chi connectivity index (χ2n) is 7.82. The second-order valence-corrected chi connectivity index (χ2v) is 7.82. The van der Waals surface area contributed by atoms with Gasteiger partial charge in [0, 0.05) is 49.9 Å². The third kappa shape index (κ3) is 5.05. The third-order valence-electron chi connectivity index (χ3n) is 5.73. The summed E-state index contributed by atoms with van der Waals surface area (Å²) in [5, 5.41) is 6.75. The molecule has 162 valence electrons. The molecule has 0 fully saturated rings. The minimum absolute atomic E-state index is 0.00603. The summed E-state index contributed by atoms with van der Waals surface area (Å²) >= 11 is 0. The summed E-state index contributed by atoms with van der Waals surface area (Å²) in [6, 6.07) is 8.83. The van der Waals surface area contributed by atoms with Crippen molar-refractivity contribution in [2.75, 3.05) is 25.1 Å². The molecule has 0 spiro atoms. The SMILES string of the molecule is N=N/C(=C\N)CCOCC(=O)N1CCc2nc(NC3Cc4ccccc4C3)ncc2C1. The highest BCUT2D eigenvalue weighted by atomic mass is 16.5. The fraction of sp³-hybridized carbons (Fsp3) is 0.409. The molecule has 2 aromatic rings. The monoisotopic (exact) mass is 421 g/mol. The van der Waals surface area contributed by atoms with E-state index in [0.29, 0.717) is 50.2 Å². The van der Waals surface area contributed by atoms with Crippen molar-refractivity contribution in [3.05, 3.63) is 64.7 Å². The lowest BCUT2D eigenvalue weighted by Gasteiger charge is -2.28. The number of nitrogens with two attached hydrogens (primary N) is 1. The maximum absolute atomic E-state index is 12.4. The number of ether oxygens (including phenoxy) is 1. The first kappa shape index (κ1) is 20.9. The first-order valence-electron chi connectivity index (χ1n) is 10.5. The van der Waals surface area contributed by atoms with Gasteiger partial charge < -0.3 is 20.7 Å². The number of amides is 1.